The van der Waals surface area contributed by atoms with Gasteiger partial charge in [0.1, 0.15) is 10.7 Å². The molecule has 0 aliphatic carbocycles. The molecular weight excluding hydrogens is 344 g/mol. The molecule has 0 saturated carbocycles. The maximum Gasteiger partial charge on any atom is 0.373 e. The second kappa shape index (κ2) is 6.80. The van der Waals surface area contributed by atoms with Gasteiger partial charge in [-0.15, -0.1) is 12.4 Å². The van der Waals surface area contributed by atoms with E-state index in [0.29, 0.717) is 6.54 Å². The van der Waals surface area contributed by atoms with E-state index in [4.69, 9.17) is 4.42 Å². The van der Waals surface area contributed by atoms with Gasteiger partial charge < -0.3 is 14.5 Å². The van der Waals surface area contributed by atoms with E-state index in [0.717, 1.165) is 25.8 Å². The molecule has 23 heavy (non-hydrogen) atoms. The number of hydrogen-bond acceptors (Lipinski definition) is 6. The average Bonchev–Trinajstić information content (AvgIpc) is 2.98. The van der Waals surface area contributed by atoms with Crippen LogP contribution in [0.25, 0.3) is 0 Å². The van der Waals surface area contributed by atoms with Crippen LogP contribution in [-0.4, -0.2) is 51.0 Å². The van der Waals surface area contributed by atoms with Crippen LogP contribution < -0.4 is 5.32 Å². The van der Waals surface area contributed by atoms with Crippen molar-refractivity contribution in [2.45, 2.75) is 43.2 Å². The topological polar surface area (TPSA) is 88.9 Å². The normalized spacial score (nSPS) is 24.8. The fourth-order valence-electron chi connectivity index (χ4n) is 3.37. The Bertz CT molecular complexity index is 673. The fourth-order valence-corrected chi connectivity index (χ4v) is 5.43. The molecule has 0 spiro atoms. The van der Waals surface area contributed by atoms with Gasteiger partial charge in [0.2, 0.25) is 15.8 Å². The Morgan fingerprint density at radius 3 is 2.74 bits per heavy atom. The van der Waals surface area contributed by atoms with E-state index in [2.05, 4.69) is 10.1 Å². The van der Waals surface area contributed by atoms with E-state index < -0.39 is 16.0 Å². The first kappa shape index (κ1) is 18.3. The number of esters is 1. The van der Waals surface area contributed by atoms with Gasteiger partial charge in [-0.2, -0.15) is 4.31 Å². The highest BCUT2D eigenvalue weighted by Crippen LogP contribution is 2.35. The van der Waals surface area contributed by atoms with E-state index in [9.17, 15) is 13.2 Å². The highest BCUT2D eigenvalue weighted by atomic mass is 35.5. The van der Waals surface area contributed by atoms with Crippen molar-refractivity contribution in [3.05, 3.63) is 17.6 Å². The number of hydrogen-bond donors (Lipinski definition) is 1. The first-order valence-corrected chi connectivity index (χ1v) is 8.82. The molecule has 1 N–H and O–H groups in total. The smallest absolute Gasteiger partial charge is 0.373 e. The van der Waals surface area contributed by atoms with Crippen molar-refractivity contribution in [3.8, 4) is 0 Å². The Balaban J connectivity index is 0.00000192. The highest BCUT2D eigenvalue weighted by molar-refractivity contribution is 7.89. The molecule has 7 nitrogen and oxygen atoms in total. The number of rotatable bonds is 3. The SMILES string of the molecule is COC(=O)c1cc(S(=O)(=O)N2C3CCNCC2CC3)c(C)o1.Cl. The minimum absolute atomic E-state index is 0. The second-order valence-corrected chi connectivity index (χ2v) is 7.55. The first-order valence-electron chi connectivity index (χ1n) is 7.38. The third-order valence-electron chi connectivity index (χ3n) is 4.40. The van der Waals surface area contributed by atoms with Gasteiger partial charge in [-0.05, 0) is 32.7 Å². The molecule has 1 aromatic heterocycles. The van der Waals surface area contributed by atoms with Gasteiger partial charge in [0.25, 0.3) is 0 Å². The molecule has 2 unspecified atom stereocenters. The van der Waals surface area contributed by atoms with E-state index in [-0.39, 0.29) is 40.9 Å². The summed E-state index contributed by atoms with van der Waals surface area (Å²) in [5, 5.41) is 3.28. The lowest BCUT2D eigenvalue weighted by atomic mass is 10.1. The number of carbonyl (C=O) groups is 1. The van der Waals surface area contributed by atoms with E-state index in [1.54, 1.807) is 11.2 Å². The molecule has 130 valence electrons. The van der Waals surface area contributed by atoms with Crippen molar-refractivity contribution < 1.29 is 22.4 Å². The van der Waals surface area contributed by atoms with Gasteiger partial charge in [0, 0.05) is 24.7 Å². The molecule has 2 fully saturated rings. The van der Waals surface area contributed by atoms with Crippen LogP contribution in [0.3, 0.4) is 0 Å². The molecule has 2 bridgehead atoms. The Kier molecular flexibility index (Phi) is 5.40. The minimum Gasteiger partial charge on any atom is -0.463 e. The van der Waals surface area contributed by atoms with Crippen LogP contribution in [0.2, 0.25) is 0 Å². The summed E-state index contributed by atoms with van der Waals surface area (Å²) in [5.41, 5.74) is 0. The maximum absolute atomic E-state index is 13.0. The summed E-state index contributed by atoms with van der Waals surface area (Å²) in [5.74, 6) is -0.541. The number of ether oxygens (including phenoxy) is 1. The molecule has 2 aliphatic rings. The Morgan fingerprint density at radius 1 is 1.35 bits per heavy atom. The van der Waals surface area contributed by atoms with Crippen molar-refractivity contribution in [1.29, 1.82) is 0 Å². The van der Waals surface area contributed by atoms with Crippen LogP contribution in [0, 0.1) is 6.92 Å². The standard InChI is InChI=1S/C14H20N2O5S.ClH/c1-9-13(7-12(21-9)14(17)20-2)22(18,19)16-10-3-4-11(16)8-15-6-5-10;/h7,10-11,15H,3-6,8H2,1-2H3;1H. The lowest BCUT2D eigenvalue weighted by Gasteiger charge is -2.26. The van der Waals surface area contributed by atoms with E-state index in [1.165, 1.54) is 13.2 Å². The van der Waals surface area contributed by atoms with Crippen LogP contribution in [0.1, 0.15) is 35.6 Å². The molecule has 3 rings (SSSR count). The van der Waals surface area contributed by atoms with Gasteiger partial charge in [-0.1, -0.05) is 0 Å². The number of nitrogens with zero attached hydrogens (tertiary/aromatic N) is 1. The zero-order valence-corrected chi connectivity index (χ0v) is 14.7. The summed E-state index contributed by atoms with van der Waals surface area (Å²) in [4.78, 5) is 11.6. The number of sulfonamides is 1. The van der Waals surface area contributed by atoms with Crippen molar-refractivity contribution in [3.63, 3.8) is 0 Å². The van der Waals surface area contributed by atoms with E-state index in [1.807, 2.05) is 0 Å². The number of methoxy groups -OCH3 is 1. The lowest BCUT2D eigenvalue weighted by Crippen LogP contribution is -2.42. The number of aryl methyl sites for hydroxylation is 1. The average molecular weight is 365 g/mol. The Labute approximate surface area is 141 Å². The van der Waals surface area contributed by atoms with Crippen molar-refractivity contribution in [1.82, 2.24) is 9.62 Å². The molecule has 3 heterocycles. The summed E-state index contributed by atoms with van der Waals surface area (Å²) in [6.07, 6.45) is 2.54. The summed E-state index contributed by atoms with van der Waals surface area (Å²) in [6, 6.07) is 1.25. The van der Waals surface area contributed by atoms with Crippen LogP contribution in [0.4, 0.5) is 0 Å². The van der Waals surface area contributed by atoms with Gasteiger partial charge in [0.15, 0.2) is 0 Å². The highest BCUT2D eigenvalue weighted by Gasteiger charge is 2.44. The summed E-state index contributed by atoms with van der Waals surface area (Å²) in [6.45, 7) is 3.04. The van der Waals surface area contributed by atoms with Crippen molar-refractivity contribution in [2.24, 2.45) is 0 Å². The summed E-state index contributed by atoms with van der Waals surface area (Å²) >= 11 is 0. The monoisotopic (exact) mass is 364 g/mol. The maximum atomic E-state index is 13.0. The van der Waals surface area contributed by atoms with E-state index >= 15 is 0 Å². The third kappa shape index (κ3) is 3.13. The number of fused-ring (bicyclic) bond motifs is 2. The predicted octanol–water partition coefficient (Wildman–Crippen LogP) is 1.31. The zero-order chi connectivity index (χ0) is 15.9. The van der Waals surface area contributed by atoms with Crippen LogP contribution in [0.5, 0.6) is 0 Å². The van der Waals surface area contributed by atoms with Crippen LogP contribution in [-0.2, 0) is 14.8 Å². The molecule has 9 heteroatoms. The van der Waals surface area contributed by atoms with Gasteiger partial charge in [-0.25, -0.2) is 13.2 Å². The number of nitrogens with one attached hydrogen (secondary N) is 1. The van der Waals surface area contributed by atoms with Crippen LogP contribution >= 0.6 is 12.4 Å². The molecule has 0 radical (unpaired) electrons. The van der Waals surface area contributed by atoms with Gasteiger partial charge in [0.05, 0.1) is 7.11 Å². The molecular formula is C14H21ClN2O5S. The first-order chi connectivity index (χ1) is 10.4. The van der Waals surface area contributed by atoms with Crippen LogP contribution in [0.15, 0.2) is 15.4 Å². The molecule has 0 aromatic carbocycles. The zero-order valence-electron chi connectivity index (χ0n) is 13.1. The number of carbonyl (C=O) groups excluding carboxylic acids is 1. The lowest BCUT2D eigenvalue weighted by molar-refractivity contribution is 0.0563. The minimum atomic E-state index is -3.68. The summed E-state index contributed by atoms with van der Waals surface area (Å²) < 4.78 is 37.5. The van der Waals surface area contributed by atoms with Gasteiger partial charge >= 0.3 is 5.97 Å². The molecule has 0 amide bonds. The van der Waals surface area contributed by atoms with Gasteiger partial charge in [-0.3, -0.25) is 0 Å². The summed E-state index contributed by atoms with van der Waals surface area (Å²) in [7, 11) is -2.45. The molecule has 2 atom stereocenters. The fraction of sp³-hybridized carbons (Fsp3) is 0.643. The number of furan rings is 1. The molecule has 1 aromatic rings. The number of halogens is 1. The Hall–Kier alpha value is -1.09. The third-order valence-corrected chi connectivity index (χ3v) is 6.51. The second-order valence-electron chi connectivity index (χ2n) is 5.74. The Morgan fingerprint density at radius 2 is 2.04 bits per heavy atom. The van der Waals surface area contributed by atoms with Crippen molar-refractivity contribution >= 4 is 28.4 Å². The largest absolute Gasteiger partial charge is 0.463 e. The molecule has 2 saturated heterocycles. The van der Waals surface area contributed by atoms with Crippen molar-refractivity contribution in [2.75, 3.05) is 20.2 Å². The quantitative estimate of drug-likeness (QED) is 0.813. The molecule has 2 aliphatic heterocycles. The predicted molar refractivity (Wildman–Crippen MR) is 85.4 cm³/mol.